The van der Waals surface area contributed by atoms with Gasteiger partial charge in [-0.05, 0) is 24.6 Å². The van der Waals surface area contributed by atoms with Gasteiger partial charge in [0.15, 0.2) is 0 Å². The Bertz CT molecular complexity index is 543. The van der Waals surface area contributed by atoms with Crippen molar-refractivity contribution in [1.29, 1.82) is 0 Å². The van der Waals surface area contributed by atoms with Crippen LogP contribution < -0.4 is 15.4 Å². The summed E-state index contributed by atoms with van der Waals surface area (Å²) in [5, 5.41) is 5.46. The summed E-state index contributed by atoms with van der Waals surface area (Å²) in [7, 11) is 0. The van der Waals surface area contributed by atoms with Gasteiger partial charge in [0, 0.05) is 13.1 Å². The summed E-state index contributed by atoms with van der Waals surface area (Å²) in [5.41, 5.74) is -0.855. The summed E-state index contributed by atoms with van der Waals surface area (Å²) >= 11 is 0. The van der Waals surface area contributed by atoms with Gasteiger partial charge in [0.25, 0.3) is 5.91 Å². The number of carbonyl (C=O) groups excluding carboxylic acids is 1. The zero-order valence-corrected chi connectivity index (χ0v) is 12.7. The highest BCUT2D eigenvalue weighted by Gasteiger charge is 2.32. The third kappa shape index (κ3) is 4.84. The third-order valence-corrected chi connectivity index (χ3v) is 3.25. The van der Waals surface area contributed by atoms with Gasteiger partial charge in [-0.15, -0.1) is 0 Å². The molecule has 1 aromatic carbocycles. The fraction of sp³-hybridized carbons (Fsp3) is 0.533. The predicted octanol–water partition coefficient (Wildman–Crippen LogP) is 2.42. The van der Waals surface area contributed by atoms with Crippen molar-refractivity contribution in [2.24, 2.45) is 0 Å². The fourth-order valence-corrected chi connectivity index (χ4v) is 2.09. The number of morpholine rings is 1. The van der Waals surface area contributed by atoms with Crippen LogP contribution in [0.3, 0.4) is 0 Å². The number of benzene rings is 1. The summed E-state index contributed by atoms with van der Waals surface area (Å²) in [6.07, 6.45) is -4.53. The quantitative estimate of drug-likeness (QED) is 0.869. The molecule has 1 unspecified atom stereocenters. The topological polar surface area (TPSA) is 59.6 Å². The predicted molar refractivity (Wildman–Crippen MR) is 78.5 cm³/mol. The maximum absolute atomic E-state index is 12.9. The van der Waals surface area contributed by atoms with Crippen molar-refractivity contribution in [3.8, 4) is 5.75 Å². The Morgan fingerprint density at radius 1 is 1.48 bits per heavy atom. The molecule has 0 aromatic heterocycles. The fourth-order valence-electron chi connectivity index (χ4n) is 2.09. The monoisotopic (exact) mass is 332 g/mol. The Morgan fingerprint density at radius 2 is 2.26 bits per heavy atom. The first kappa shape index (κ1) is 17.6. The van der Waals surface area contributed by atoms with Gasteiger partial charge in [-0.2, -0.15) is 13.2 Å². The first-order chi connectivity index (χ1) is 10.9. The van der Waals surface area contributed by atoms with E-state index < -0.39 is 23.8 Å². The second-order valence-corrected chi connectivity index (χ2v) is 5.11. The van der Waals surface area contributed by atoms with Gasteiger partial charge in [-0.1, -0.05) is 6.92 Å². The van der Waals surface area contributed by atoms with Crippen molar-refractivity contribution >= 4 is 11.6 Å². The van der Waals surface area contributed by atoms with Crippen molar-refractivity contribution in [3.05, 3.63) is 23.8 Å². The summed E-state index contributed by atoms with van der Waals surface area (Å²) in [5.74, 6) is -0.296. The van der Waals surface area contributed by atoms with E-state index in [2.05, 4.69) is 10.6 Å². The van der Waals surface area contributed by atoms with E-state index in [1.807, 2.05) is 6.92 Å². The Hall–Kier alpha value is -1.80. The number of nitrogens with one attached hydrogen (secondary N) is 2. The Kier molecular flexibility index (Phi) is 5.84. The molecule has 0 spiro atoms. The number of rotatable bonds is 5. The van der Waals surface area contributed by atoms with Crippen LogP contribution in [0.25, 0.3) is 0 Å². The number of alkyl halides is 3. The number of ether oxygens (including phenoxy) is 2. The van der Waals surface area contributed by atoms with Crippen molar-refractivity contribution in [2.45, 2.75) is 25.6 Å². The molecule has 8 heteroatoms. The second kappa shape index (κ2) is 7.65. The van der Waals surface area contributed by atoms with Crippen LogP contribution in [0, 0.1) is 0 Å². The molecule has 2 rings (SSSR count). The van der Waals surface area contributed by atoms with Gasteiger partial charge in [0.1, 0.15) is 11.9 Å². The molecule has 1 atom stereocenters. The zero-order chi connectivity index (χ0) is 16.9. The van der Waals surface area contributed by atoms with Gasteiger partial charge in [0.2, 0.25) is 0 Å². The lowest BCUT2D eigenvalue weighted by Gasteiger charge is -2.23. The molecule has 1 amide bonds. The Balaban J connectivity index is 2.19. The van der Waals surface area contributed by atoms with Crippen LogP contribution in [0.15, 0.2) is 18.2 Å². The lowest BCUT2D eigenvalue weighted by Crippen LogP contribution is -2.45. The van der Waals surface area contributed by atoms with Crippen molar-refractivity contribution in [3.63, 3.8) is 0 Å². The van der Waals surface area contributed by atoms with Crippen LogP contribution in [0.2, 0.25) is 0 Å². The lowest BCUT2D eigenvalue weighted by molar-refractivity contribution is -0.137. The maximum Gasteiger partial charge on any atom is 0.416 e. The van der Waals surface area contributed by atoms with Crippen LogP contribution in [0.5, 0.6) is 5.75 Å². The maximum atomic E-state index is 12.9. The summed E-state index contributed by atoms with van der Waals surface area (Å²) < 4.78 is 49.3. The molecule has 1 fully saturated rings. The van der Waals surface area contributed by atoms with E-state index in [4.69, 9.17) is 9.47 Å². The standard InChI is InChI=1S/C15H19F3N2O3/c1-2-6-22-12-4-3-10(15(16,17)18)8-11(12)20-14(21)13-9-19-5-7-23-13/h3-4,8,13,19H,2,5-7,9H2,1H3,(H,20,21). The second-order valence-electron chi connectivity index (χ2n) is 5.11. The van der Waals surface area contributed by atoms with E-state index in [1.54, 1.807) is 0 Å². The summed E-state index contributed by atoms with van der Waals surface area (Å²) in [6.45, 7) is 3.55. The molecule has 23 heavy (non-hydrogen) atoms. The molecule has 5 nitrogen and oxygen atoms in total. The van der Waals surface area contributed by atoms with Crippen LogP contribution in [-0.4, -0.2) is 38.3 Å². The minimum Gasteiger partial charge on any atom is -0.491 e. The molecule has 2 N–H and O–H groups in total. The number of hydrogen-bond acceptors (Lipinski definition) is 4. The highest BCUT2D eigenvalue weighted by molar-refractivity contribution is 5.95. The van der Waals surface area contributed by atoms with Gasteiger partial charge in [-0.3, -0.25) is 4.79 Å². The molecule has 1 saturated heterocycles. The smallest absolute Gasteiger partial charge is 0.416 e. The first-order valence-corrected chi connectivity index (χ1v) is 7.39. The van der Waals surface area contributed by atoms with Crippen molar-refractivity contribution in [2.75, 3.05) is 31.6 Å². The highest BCUT2D eigenvalue weighted by atomic mass is 19.4. The molecular formula is C15H19F3N2O3. The zero-order valence-electron chi connectivity index (χ0n) is 12.7. The molecule has 1 aromatic rings. The molecule has 0 saturated carbocycles. The molecule has 0 aliphatic carbocycles. The third-order valence-electron chi connectivity index (χ3n) is 3.25. The number of hydrogen-bond donors (Lipinski definition) is 2. The number of halogens is 3. The minimum absolute atomic E-state index is 0.00699. The molecule has 1 aliphatic heterocycles. The van der Waals surface area contributed by atoms with Crippen LogP contribution in [0.1, 0.15) is 18.9 Å². The van der Waals surface area contributed by atoms with Crippen LogP contribution in [-0.2, 0) is 15.7 Å². The SMILES string of the molecule is CCCOc1ccc(C(F)(F)F)cc1NC(=O)C1CNCCO1. The van der Waals surface area contributed by atoms with Gasteiger partial charge in [-0.25, -0.2) is 0 Å². The van der Waals surface area contributed by atoms with Gasteiger partial charge in [0.05, 0.1) is 24.5 Å². The number of amides is 1. The van der Waals surface area contributed by atoms with E-state index >= 15 is 0 Å². The van der Waals surface area contributed by atoms with Crippen molar-refractivity contribution < 1.29 is 27.4 Å². The molecule has 1 aliphatic rings. The van der Waals surface area contributed by atoms with Crippen LogP contribution >= 0.6 is 0 Å². The normalized spacial score (nSPS) is 18.5. The average Bonchev–Trinajstić information content (AvgIpc) is 2.53. The Labute approximate surface area is 132 Å². The first-order valence-electron chi connectivity index (χ1n) is 7.39. The molecule has 0 radical (unpaired) electrons. The minimum atomic E-state index is -4.49. The van der Waals surface area contributed by atoms with Crippen molar-refractivity contribution in [1.82, 2.24) is 5.32 Å². The number of carbonyl (C=O) groups is 1. The molecular weight excluding hydrogens is 313 g/mol. The van der Waals surface area contributed by atoms with Gasteiger partial charge < -0.3 is 20.1 Å². The summed E-state index contributed by atoms with van der Waals surface area (Å²) in [4.78, 5) is 12.1. The van der Waals surface area contributed by atoms with E-state index in [0.717, 1.165) is 12.1 Å². The highest BCUT2D eigenvalue weighted by Crippen LogP contribution is 2.35. The van der Waals surface area contributed by atoms with Crippen LogP contribution in [0.4, 0.5) is 18.9 Å². The molecule has 1 heterocycles. The van der Waals surface area contributed by atoms with E-state index in [1.165, 1.54) is 6.07 Å². The summed E-state index contributed by atoms with van der Waals surface area (Å²) in [6, 6.07) is 3.02. The largest absolute Gasteiger partial charge is 0.491 e. The van der Waals surface area contributed by atoms with E-state index in [0.29, 0.717) is 32.7 Å². The average molecular weight is 332 g/mol. The molecule has 0 bridgehead atoms. The van der Waals surface area contributed by atoms with Gasteiger partial charge >= 0.3 is 6.18 Å². The number of anilines is 1. The Morgan fingerprint density at radius 3 is 2.87 bits per heavy atom. The van der Waals surface area contributed by atoms with E-state index in [9.17, 15) is 18.0 Å². The lowest BCUT2D eigenvalue weighted by atomic mass is 10.1. The van der Waals surface area contributed by atoms with E-state index in [-0.39, 0.29) is 11.4 Å². The molecule has 128 valence electrons.